The number of nitrogens with zero attached hydrogens (tertiary/aromatic N) is 1. The van der Waals surface area contributed by atoms with Gasteiger partial charge in [-0.3, -0.25) is 14.9 Å². The Balaban J connectivity index is 3.63. The van der Waals surface area contributed by atoms with Crippen molar-refractivity contribution in [1.82, 2.24) is 0 Å². The van der Waals surface area contributed by atoms with Crippen LogP contribution < -0.4 is 0 Å². The molecule has 0 unspecified atom stereocenters. The maximum Gasteiger partial charge on any atom is 0.317 e. The van der Waals surface area contributed by atoms with E-state index in [0.29, 0.717) is 0 Å². The lowest BCUT2D eigenvalue weighted by Crippen LogP contribution is -2.17. The predicted molar refractivity (Wildman–Crippen MR) is 28.4 cm³/mol. The second-order valence-electron chi connectivity index (χ2n) is 1.58. The molecule has 0 aromatic carbocycles. The third kappa shape index (κ3) is 3.45. The Hall–Kier alpha value is -1.13. The van der Waals surface area contributed by atoms with Crippen molar-refractivity contribution >= 4 is 5.97 Å². The van der Waals surface area contributed by atoms with E-state index >= 15 is 0 Å². The molecule has 9 heavy (non-hydrogen) atoms. The molecule has 0 saturated heterocycles. The molecule has 5 nitrogen and oxygen atoms in total. The van der Waals surface area contributed by atoms with Crippen LogP contribution in [0.2, 0.25) is 0 Å². The molecule has 0 amide bonds. The van der Waals surface area contributed by atoms with Crippen molar-refractivity contribution in [2.45, 2.75) is 6.92 Å². The van der Waals surface area contributed by atoms with Crippen LogP contribution in [0, 0.1) is 16.0 Å². The molecule has 5 heteroatoms. The molecule has 51 valence electrons. The molecule has 0 spiro atoms. The first kappa shape index (κ1) is 7.87. The van der Waals surface area contributed by atoms with Gasteiger partial charge in [-0.1, -0.05) is 0 Å². The van der Waals surface area contributed by atoms with Crippen LogP contribution in [0.1, 0.15) is 6.92 Å². The maximum atomic E-state index is 9.89. The minimum Gasteiger partial charge on any atom is -0.481 e. The number of hydrogen-bond donors (Lipinski definition) is 1. The second kappa shape index (κ2) is 3.01. The third-order valence-electron chi connectivity index (χ3n) is 0.731. The van der Waals surface area contributed by atoms with Crippen molar-refractivity contribution < 1.29 is 14.8 Å². The second-order valence-corrected chi connectivity index (χ2v) is 1.58. The largest absolute Gasteiger partial charge is 0.481 e. The zero-order valence-corrected chi connectivity index (χ0v) is 4.83. The SMILES string of the molecule is C[C](C[N+](=O)[O-])C(=O)O. The summed E-state index contributed by atoms with van der Waals surface area (Å²) >= 11 is 0. The standard InChI is InChI=1S/C4H6NO4/c1-3(4(6)7)2-5(8)9/h2H2,1H3,(H,6,7). The van der Waals surface area contributed by atoms with Gasteiger partial charge in [0.25, 0.3) is 0 Å². The first-order chi connectivity index (χ1) is 4.04. The van der Waals surface area contributed by atoms with Crippen molar-refractivity contribution in [3.63, 3.8) is 0 Å². The summed E-state index contributed by atoms with van der Waals surface area (Å²) in [6.07, 6.45) is 0. The van der Waals surface area contributed by atoms with Crippen molar-refractivity contribution in [2.24, 2.45) is 0 Å². The minimum absolute atomic E-state index is 0.153. The van der Waals surface area contributed by atoms with E-state index in [1.54, 1.807) is 0 Å². The van der Waals surface area contributed by atoms with Crippen LogP contribution in [-0.4, -0.2) is 22.5 Å². The molecular weight excluding hydrogens is 126 g/mol. The molecule has 0 bridgehead atoms. The fourth-order valence-corrected chi connectivity index (χ4v) is 0.261. The Morgan fingerprint density at radius 3 is 2.33 bits per heavy atom. The first-order valence-electron chi connectivity index (χ1n) is 2.21. The van der Waals surface area contributed by atoms with Gasteiger partial charge in [-0.15, -0.1) is 0 Å². The van der Waals surface area contributed by atoms with Crippen LogP contribution in [0.25, 0.3) is 0 Å². The molecule has 0 aliphatic heterocycles. The van der Waals surface area contributed by atoms with Crippen molar-refractivity contribution in [1.29, 1.82) is 0 Å². The highest BCUT2D eigenvalue weighted by atomic mass is 16.6. The highest BCUT2D eigenvalue weighted by Gasteiger charge is 2.17. The fourth-order valence-electron chi connectivity index (χ4n) is 0.261. The molecule has 0 rings (SSSR count). The Kier molecular flexibility index (Phi) is 2.63. The predicted octanol–water partition coefficient (Wildman–Crippen LogP) is -0.0579. The summed E-state index contributed by atoms with van der Waals surface area (Å²) in [4.78, 5) is 18.9. The van der Waals surface area contributed by atoms with Gasteiger partial charge in [-0.2, -0.15) is 0 Å². The topological polar surface area (TPSA) is 80.4 Å². The van der Waals surface area contributed by atoms with Gasteiger partial charge in [-0.05, 0) is 6.92 Å². The normalized spacial score (nSPS) is 9.56. The van der Waals surface area contributed by atoms with E-state index in [0.717, 1.165) is 0 Å². The Morgan fingerprint density at radius 2 is 2.22 bits per heavy atom. The van der Waals surface area contributed by atoms with Gasteiger partial charge in [0, 0.05) is 4.92 Å². The molecule has 0 fully saturated rings. The van der Waals surface area contributed by atoms with Gasteiger partial charge in [0.1, 0.15) is 0 Å². The maximum absolute atomic E-state index is 9.89. The van der Waals surface area contributed by atoms with Gasteiger partial charge in [0.15, 0.2) is 5.92 Å². The van der Waals surface area contributed by atoms with Gasteiger partial charge >= 0.3 is 5.97 Å². The van der Waals surface area contributed by atoms with E-state index in [9.17, 15) is 14.9 Å². The molecule has 0 aromatic rings. The highest BCUT2D eigenvalue weighted by molar-refractivity contribution is 5.82. The van der Waals surface area contributed by atoms with Crippen LogP contribution in [0.15, 0.2) is 0 Å². The number of rotatable bonds is 3. The monoisotopic (exact) mass is 132 g/mol. The average molecular weight is 132 g/mol. The minimum atomic E-state index is -1.22. The van der Waals surface area contributed by atoms with Crippen molar-refractivity contribution in [3.05, 3.63) is 16.0 Å². The molecule has 0 aromatic heterocycles. The number of carboxylic acids is 1. The third-order valence-corrected chi connectivity index (χ3v) is 0.731. The van der Waals surface area contributed by atoms with E-state index in [2.05, 4.69) is 0 Å². The summed E-state index contributed by atoms with van der Waals surface area (Å²) in [6, 6.07) is 0. The Morgan fingerprint density at radius 1 is 1.78 bits per heavy atom. The quantitative estimate of drug-likeness (QED) is 0.431. The number of aliphatic carboxylic acids is 1. The van der Waals surface area contributed by atoms with E-state index in [4.69, 9.17) is 5.11 Å². The molecule has 0 atom stereocenters. The van der Waals surface area contributed by atoms with Gasteiger partial charge in [0.2, 0.25) is 6.54 Å². The van der Waals surface area contributed by atoms with E-state index in [1.165, 1.54) is 6.92 Å². The van der Waals surface area contributed by atoms with Crippen molar-refractivity contribution in [3.8, 4) is 0 Å². The van der Waals surface area contributed by atoms with Crippen LogP contribution in [0.4, 0.5) is 0 Å². The van der Waals surface area contributed by atoms with E-state index < -0.39 is 17.4 Å². The number of carboxylic acid groups (broad SMARTS) is 1. The van der Waals surface area contributed by atoms with Crippen LogP contribution >= 0.6 is 0 Å². The van der Waals surface area contributed by atoms with E-state index in [1.807, 2.05) is 0 Å². The number of hydrogen-bond acceptors (Lipinski definition) is 3. The lowest BCUT2D eigenvalue weighted by molar-refractivity contribution is -0.474. The smallest absolute Gasteiger partial charge is 0.317 e. The lowest BCUT2D eigenvalue weighted by atomic mass is 10.2. The fraction of sp³-hybridized carbons (Fsp3) is 0.500. The summed E-state index contributed by atoms with van der Waals surface area (Å²) in [7, 11) is 0. The molecule has 0 aliphatic carbocycles. The summed E-state index contributed by atoms with van der Waals surface area (Å²) in [6.45, 7) is 0.625. The molecule has 0 aliphatic rings. The molecule has 0 heterocycles. The summed E-state index contributed by atoms with van der Waals surface area (Å²) < 4.78 is 0. The Labute approximate surface area is 51.4 Å². The average Bonchev–Trinajstić information content (AvgIpc) is 1.63. The van der Waals surface area contributed by atoms with E-state index in [-0.39, 0.29) is 5.92 Å². The summed E-state index contributed by atoms with van der Waals surface area (Å²) in [5.41, 5.74) is 0. The molecule has 0 saturated carbocycles. The highest BCUT2D eigenvalue weighted by Crippen LogP contribution is 1.96. The van der Waals surface area contributed by atoms with Gasteiger partial charge in [0.05, 0.1) is 0 Å². The van der Waals surface area contributed by atoms with Crippen LogP contribution in [0.5, 0.6) is 0 Å². The number of nitro groups is 1. The van der Waals surface area contributed by atoms with Crippen LogP contribution in [-0.2, 0) is 4.79 Å². The first-order valence-corrected chi connectivity index (χ1v) is 2.21. The summed E-state index contributed by atoms with van der Waals surface area (Å²) in [5, 5.41) is 17.7. The lowest BCUT2D eigenvalue weighted by Gasteiger charge is -1.95. The van der Waals surface area contributed by atoms with Gasteiger partial charge in [-0.25, -0.2) is 0 Å². The van der Waals surface area contributed by atoms with Crippen LogP contribution in [0.3, 0.4) is 0 Å². The Bertz CT molecular complexity index is 133. The zero-order chi connectivity index (χ0) is 7.44. The van der Waals surface area contributed by atoms with Gasteiger partial charge < -0.3 is 5.11 Å². The molecule has 1 radical (unpaired) electrons. The summed E-state index contributed by atoms with van der Waals surface area (Å²) in [5.74, 6) is -1.37. The molecular formula is C4H6NO4. The number of carbonyl (C=O) groups is 1. The zero-order valence-electron chi connectivity index (χ0n) is 4.83. The molecule has 1 N–H and O–H groups in total. The van der Waals surface area contributed by atoms with Crippen molar-refractivity contribution in [2.75, 3.05) is 6.54 Å².